The minimum atomic E-state index is -0.425. The van der Waals surface area contributed by atoms with Gasteiger partial charge in [-0.15, -0.1) is 5.10 Å². The van der Waals surface area contributed by atoms with Gasteiger partial charge in [0.1, 0.15) is 0 Å². The first kappa shape index (κ1) is 20.1. The second kappa shape index (κ2) is 9.03. The molecule has 0 aliphatic heterocycles. The number of thioether (sulfide) groups is 1. The Hall–Kier alpha value is -2.65. The summed E-state index contributed by atoms with van der Waals surface area (Å²) >= 11 is 1.35. The molecule has 3 rings (SSSR count). The number of methoxy groups -OCH3 is 2. The summed E-state index contributed by atoms with van der Waals surface area (Å²) in [6.07, 6.45) is 0.699. The van der Waals surface area contributed by atoms with Crippen molar-refractivity contribution in [2.45, 2.75) is 30.8 Å². The predicted molar refractivity (Wildman–Crippen MR) is 107 cm³/mol. The van der Waals surface area contributed by atoms with Gasteiger partial charge in [0.2, 0.25) is 0 Å². The molecule has 2 heterocycles. The lowest BCUT2D eigenvalue weighted by molar-refractivity contribution is 0.0598. The van der Waals surface area contributed by atoms with E-state index in [1.54, 1.807) is 11.7 Å². The van der Waals surface area contributed by atoms with Crippen LogP contribution in [0.5, 0.6) is 0 Å². The zero-order valence-electron chi connectivity index (χ0n) is 16.0. The Kier molecular flexibility index (Phi) is 6.48. The Labute approximate surface area is 166 Å². The van der Waals surface area contributed by atoms with Crippen molar-refractivity contribution < 1.29 is 14.3 Å². The zero-order chi connectivity index (χ0) is 20.1. The lowest BCUT2D eigenvalue weighted by Crippen LogP contribution is -2.18. The molecule has 0 bridgehead atoms. The molecule has 0 radical (unpaired) electrons. The summed E-state index contributed by atoms with van der Waals surface area (Å²) in [5, 5.41) is 8.02. The van der Waals surface area contributed by atoms with Crippen molar-refractivity contribution in [3.05, 3.63) is 51.6 Å². The second-order valence-corrected chi connectivity index (χ2v) is 7.11. The van der Waals surface area contributed by atoms with E-state index < -0.39 is 5.97 Å². The molecule has 0 saturated heterocycles. The van der Waals surface area contributed by atoms with Crippen LogP contribution in [0.15, 0.2) is 34.2 Å². The zero-order valence-corrected chi connectivity index (χ0v) is 16.8. The predicted octanol–water partition coefficient (Wildman–Crippen LogP) is 2.54. The number of pyridine rings is 1. The maximum atomic E-state index is 12.4. The number of carbonyl (C=O) groups is 1. The number of carbonyl (C=O) groups excluding carboxylic acids is 1. The second-order valence-electron chi connectivity index (χ2n) is 6.17. The standard InChI is InChI=1S/C19H22N4O4S/c1-12-13-7-4-5-8-14(13)20-15(16(12)17(24)27-3)11-28-19-22-21-18(25)23(19)9-6-10-26-2/h4-5,7-8H,6,9-11H2,1-3H3,(H,21,25). The molecule has 0 atom stereocenters. The number of ether oxygens (including phenoxy) is 2. The third kappa shape index (κ3) is 4.10. The summed E-state index contributed by atoms with van der Waals surface area (Å²) in [5.41, 5.74) is 2.43. The summed E-state index contributed by atoms with van der Waals surface area (Å²) in [5.74, 6) is -0.0455. The van der Waals surface area contributed by atoms with Gasteiger partial charge < -0.3 is 9.47 Å². The van der Waals surface area contributed by atoms with Crippen LogP contribution in [-0.4, -0.2) is 46.5 Å². The van der Waals surface area contributed by atoms with E-state index in [0.29, 0.717) is 41.7 Å². The molecule has 1 N–H and O–H groups in total. The number of nitrogens with zero attached hydrogens (tertiary/aromatic N) is 3. The van der Waals surface area contributed by atoms with Crippen molar-refractivity contribution in [2.75, 3.05) is 20.8 Å². The largest absolute Gasteiger partial charge is 0.465 e. The average Bonchev–Trinajstić information content (AvgIpc) is 3.06. The SMILES string of the molecule is COCCCn1c(SCc2nc3ccccc3c(C)c2C(=O)OC)n[nH]c1=O. The monoisotopic (exact) mass is 402 g/mol. The molecule has 0 spiro atoms. The number of esters is 1. The van der Waals surface area contributed by atoms with Gasteiger partial charge >= 0.3 is 11.7 Å². The number of aromatic amines is 1. The number of hydrogen-bond acceptors (Lipinski definition) is 7. The highest BCUT2D eigenvalue weighted by atomic mass is 32.2. The fourth-order valence-corrected chi connectivity index (χ4v) is 3.94. The van der Waals surface area contributed by atoms with Crippen molar-refractivity contribution in [1.82, 2.24) is 19.7 Å². The van der Waals surface area contributed by atoms with Crippen LogP contribution in [0.4, 0.5) is 0 Å². The van der Waals surface area contributed by atoms with Crippen molar-refractivity contribution in [3.63, 3.8) is 0 Å². The fraction of sp³-hybridized carbons (Fsp3) is 0.368. The van der Waals surface area contributed by atoms with Gasteiger partial charge in [0, 0.05) is 31.4 Å². The molecule has 9 heteroatoms. The van der Waals surface area contributed by atoms with Gasteiger partial charge in [0.25, 0.3) is 0 Å². The molecule has 0 fully saturated rings. The quantitative estimate of drug-likeness (QED) is 0.351. The molecule has 0 amide bonds. The number of nitrogens with one attached hydrogen (secondary N) is 1. The highest BCUT2D eigenvalue weighted by Gasteiger charge is 2.20. The number of para-hydroxylation sites is 1. The first-order chi connectivity index (χ1) is 13.6. The van der Waals surface area contributed by atoms with E-state index in [0.717, 1.165) is 16.5 Å². The number of rotatable bonds is 8. The van der Waals surface area contributed by atoms with Gasteiger partial charge in [0.15, 0.2) is 5.16 Å². The lowest BCUT2D eigenvalue weighted by Gasteiger charge is -2.13. The van der Waals surface area contributed by atoms with E-state index in [1.165, 1.54) is 18.9 Å². The molecular weight excluding hydrogens is 380 g/mol. The maximum Gasteiger partial charge on any atom is 0.343 e. The number of benzene rings is 1. The molecule has 0 unspecified atom stereocenters. The Balaban J connectivity index is 1.93. The first-order valence-corrected chi connectivity index (χ1v) is 9.78. The summed E-state index contributed by atoms with van der Waals surface area (Å²) in [7, 11) is 2.98. The van der Waals surface area contributed by atoms with Crippen LogP contribution in [0, 0.1) is 6.92 Å². The van der Waals surface area contributed by atoms with Gasteiger partial charge in [-0.3, -0.25) is 9.55 Å². The smallest absolute Gasteiger partial charge is 0.343 e. The fourth-order valence-electron chi connectivity index (χ4n) is 3.03. The van der Waals surface area contributed by atoms with E-state index in [-0.39, 0.29) is 5.69 Å². The molecule has 0 aliphatic carbocycles. The average molecular weight is 402 g/mol. The molecule has 1 aromatic carbocycles. The van der Waals surface area contributed by atoms with Crippen LogP contribution < -0.4 is 5.69 Å². The van der Waals surface area contributed by atoms with Crippen LogP contribution in [-0.2, 0) is 21.8 Å². The van der Waals surface area contributed by atoms with Crippen LogP contribution in [0.1, 0.15) is 28.0 Å². The van der Waals surface area contributed by atoms with Crippen LogP contribution in [0.25, 0.3) is 10.9 Å². The van der Waals surface area contributed by atoms with E-state index in [1.807, 2.05) is 31.2 Å². The first-order valence-electron chi connectivity index (χ1n) is 8.80. The molecular formula is C19H22N4O4S. The number of aryl methyl sites for hydroxylation is 1. The molecule has 0 aliphatic rings. The van der Waals surface area contributed by atoms with E-state index >= 15 is 0 Å². The number of fused-ring (bicyclic) bond motifs is 1. The Bertz CT molecular complexity index is 1040. The van der Waals surface area contributed by atoms with Crippen LogP contribution in [0.3, 0.4) is 0 Å². The highest BCUT2D eigenvalue weighted by Crippen LogP contribution is 2.28. The third-order valence-electron chi connectivity index (χ3n) is 4.41. The van der Waals surface area contributed by atoms with Crippen molar-refractivity contribution in [1.29, 1.82) is 0 Å². The van der Waals surface area contributed by atoms with Crippen molar-refractivity contribution in [3.8, 4) is 0 Å². The minimum Gasteiger partial charge on any atom is -0.465 e. The molecule has 2 aromatic heterocycles. The highest BCUT2D eigenvalue weighted by molar-refractivity contribution is 7.98. The third-order valence-corrected chi connectivity index (χ3v) is 5.40. The molecule has 8 nitrogen and oxygen atoms in total. The van der Waals surface area contributed by atoms with E-state index in [2.05, 4.69) is 15.2 Å². The summed E-state index contributed by atoms with van der Waals surface area (Å²) in [6.45, 7) is 2.94. The topological polar surface area (TPSA) is 99.1 Å². The van der Waals surface area contributed by atoms with E-state index in [4.69, 9.17) is 9.47 Å². The van der Waals surface area contributed by atoms with E-state index in [9.17, 15) is 9.59 Å². The van der Waals surface area contributed by atoms with Gasteiger partial charge in [-0.25, -0.2) is 14.7 Å². The molecule has 28 heavy (non-hydrogen) atoms. The molecule has 148 valence electrons. The van der Waals surface area contributed by atoms with Gasteiger partial charge in [-0.1, -0.05) is 30.0 Å². The Morgan fingerprint density at radius 1 is 1.29 bits per heavy atom. The summed E-state index contributed by atoms with van der Waals surface area (Å²) < 4.78 is 11.6. The van der Waals surface area contributed by atoms with Crippen molar-refractivity contribution >= 4 is 28.6 Å². The molecule has 0 saturated carbocycles. The minimum absolute atomic E-state index is 0.269. The molecule has 3 aromatic rings. The van der Waals surface area contributed by atoms with Crippen molar-refractivity contribution in [2.24, 2.45) is 0 Å². The number of H-pyrrole nitrogens is 1. The summed E-state index contributed by atoms with van der Waals surface area (Å²) in [4.78, 5) is 29.1. The van der Waals surface area contributed by atoms with Crippen LogP contribution >= 0.6 is 11.8 Å². The van der Waals surface area contributed by atoms with Gasteiger partial charge in [-0.05, 0) is 25.0 Å². The van der Waals surface area contributed by atoms with Gasteiger partial charge in [-0.2, -0.15) is 0 Å². The van der Waals surface area contributed by atoms with Gasteiger partial charge in [0.05, 0.1) is 23.9 Å². The lowest BCUT2D eigenvalue weighted by atomic mass is 10.0. The Morgan fingerprint density at radius 3 is 2.82 bits per heavy atom. The number of hydrogen-bond donors (Lipinski definition) is 1. The normalized spacial score (nSPS) is 11.1. The Morgan fingerprint density at radius 2 is 2.07 bits per heavy atom. The summed E-state index contributed by atoms with van der Waals surface area (Å²) in [6, 6.07) is 7.66. The van der Waals surface area contributed by atoms with Crippen LogP contribution in [0.2, 0.25) is 0 Å². The maximum absolute atomic E-state index is 12.4. The number of aromatic nitrogens is 4.